The zero-order valence-electron chi connectivity index (χ0n) is 19.7. The SMILES string of the molecule is COc1cnccc1-c1c(-c2cccc(C(F)(F)F)c2)c2ncccc2n1S(=O)(=O)c1ccc(C)cc1. The van der Waals surface area contributed by atoms with Crippen molar-refractivity contribution in [1.82, 2.24) is 13.9 Å². The van der Waals surface area contributed by atoms with Crippen molar-refractivity contribution in [2.24, 2.45) is 0 Å². The lowest BCUT2D eigenvalue weighted by Gasteiger charge is -2.16. The maximum atomic E-state index is 14.1. The van der Waals surface area contributed by atoms with Crippen LogP contribution < -0.4 is 4.74 Å². The summed E-state index contributed by atoms with van der Waals surface area (Å²) >= 11 is 0. The van der Waals surface area contributed by atoms with Crippen LogP contribution in [0.4, 0.5) is 13.2 Å². The maximum absolute atomic E-state index is 14.1. The number of fused-ring (bicyclic) bond motifs is 1. The standard InChI is InChI=1S/C27H20F3N3O3S/c1-17-8-10-20(11-9-17)37(34,35)33-22-7-4-13-32-25(22)24(18-5-3-6-19(15-18)27(28,29)30)26(33)21-12-14-31-16-23(21)36-2/h3-16H,1-2H3. The van der Waals surface area contributed by atoms with E-state index in [1.54, 1.807) is 30.3 Å². The first-order valence-corrected chi connectivity index (χ1v) is 12.5. The molecule has 0 saturated heterocycles. The number of hydrogen-bond acceptors (Lipinski definition) is 5. The predicted octanol–water partition coefficient (Wildman–Crippen LogP) is 6.34. The lowest BCUT2D eigenvalue weighted by molar-refractivity contribution is -0.137. The highest BCUT2D eigenvalue weighted by Crippen LogP contribution is 2.45. The third-order valence-corrected chi connectivity index (χ3v) is 7.71. The molecule has 0 saturated carbocycles. The second-order valence-electron chi connectivity index (χ2n) is 8.33. The number of halogens is 3. The number of benzene rings is 2. The van der Waals surface area contributed by atoms with Gasteiger partial charge in [-0.15, -0.1) is 0 Å². The molecule has 5 aromatic rings. The molecule has 2 aromatic carbocycles. The normalized spacial score (nSPS) is 12.1. The van der Waals surface area contributed by atoms with Crippen LogP contribution in [0.25, 0.3) is 33.4 Å². The Kier molecular flexibility index (Phi) is 5.99. The van der Waals surface area contributed by atoms with Gasteiger partial charge in [0, 0.05) is 23.5 Å². The molecule has 0 aliphatic carbocycles. The van der Waals surface area contributed by atoms with Gasteiger partial charge in [-0.05, 0) is 55.0 Å². The van der Waals surface area contributed by atoms with Crippen molar-refractivity contribution in [3.63, 3.8) is 0 Å². The van der Waals surface area contributed by atoms with Crippen LogP contribution in [0.1, 0.15) is 11.1 Å². The molecule has 37 heavy (non-hydrogen) atoms. The third-order valence-electron chi connectivity index (χ3n) is 5.98. The number of aromatic nitrogens is 3. The Hall–Kier alpha value is -4.18. The minimum atomic E-state index is -4.59. The average molecular weight is 524 g/mol. The van der Waals surface area contributed by atoms with E-state index in [0.717, 1.165) is 21.7 Å². The van der Waals surface area contributed by atoms with E-state index < -0.39 is 21.8 Å². The van der Waals surface area contributed by atoms with E-state index in [0.29, 0.717) is 5.56 Å². The Morgan fingerprint density at radius 1 is 0.946 bits per heavy atom. The van der Waals surface area contributed by atoms with Gasteiger partial charge in [0.05, 0.1) is 40.5 Å². The summed E-state index contributed by atoms with van der Waals surface area (Å²) in [5.41, 5.74) is 1.28. The van der Waals surface area contributed by atoms with Crippen LogP contribution in [0, 0.1) is 6.92 Å². The molecule has 0 amide bonds. The van der Waals surface area contributed by atoms with Gasteiger partial charge in [0.15, 0.2) is 0 Å². The highest BCUT2D eigenvalue weighted by atomic mass is 32.2. The summed E-state index contributed by atoms with van der Waals surface area (Å²) < 4.78 is 75.8. The zero-order chi connectivity index (χ0) is 26.4. The summed E-state index contributed by atoms with van der Waals surface area (Å²) in [5, 5.41) is 0. The molecule has 3 aromatic heterocycles. The highest BCUT2D eigenvalue weighted by Gasteiger charge is 2.33. The molecule has 3 heterocycles. The highest BCUT2D eigenvalue weighted by molar-refractivity contribution is 7.90. The fraction of sp³-hybridized carbons (Fsp3) is 0.111. The summed E-state index contributed by atoms with van der Waals surface area (Å²) in [7, 11) is -2.83. The van der Waals surface area contributed by atoms with Crippen LogP contribution in [0.2, 0.25) is 0 Å². The van der Waals surface area contributed by atoms with Gasteiger partial charge < -0.3 is 4.74 Å². The second-order valence-corrected chi connectivity index (χ2v) is 10.1. The summed E-state index contributed by atoms with van der Waals surface area (Å²) in [4.78, 5) is 8.48. The minimum Gasteiger partial charge on any atom is -0.494 e. The van der Waals surface area contributed by atoms with Gasteiger partial charge in [-0.2, -0.15) is 13.2 Å². The van der Waals surface area contributed by atoms with Gasteiger partial charge >= 0.3 is 6.18 Å². The second kappa shape index (κ2) is 9.04. The number of hydrogen-bond donors (Lipinski definition) is 0. The van der Waals surface area contributed by atoms with Crippen LogP contribution in [0.5, 0.6) is 5.75 Å². The maximum Gasteiger partial charge on any atom is 0.416 e. The topological polar surface area (TPSA) is 74.1 Å². The number of nitrogens with zero attached hydrogens (tertiary/aromatic N) is 3. The molecule has 0 aliphatic rings. The molecule has 0 unspecified atom stereocenters. The number of pyridine rings is 2. The van der Waals surface area contributed by atoms with Gasteiger partial charge in [-0.1, -0.05) is 29.8 Å². The predicted molar refractivity (Wildman–Crippen MR) is 134 cm³/mol. The van der Waals surface area contributed by atoms with E-state index >= 15 is 0 Å². The van der Waals surface area contributed by atoms with Crippen molar-refractivity contribution in [2.45, 2.75) is 18.0 Å². The Labute approximate surface area is 211 Å². The average Bonchev–Trinajstić information content (AvgIpc) is 3.24. The van der Waals surface area contributed by atoms with Crippen LogP contribution in [-0.2, 0) is 16.2 Å². The fourth-order valence-electron chi connectivity index (χ4n) is 4.26. The van der Waals surface area contributed by atoms with Crippen molar-refractivity contribution in [3.8, 4) is 28.1 Å². The molecule has 0 N–H and O–H groups in total. The van der Waals surface area contributed by atoms with Crippen LogP contribution in [0.3, 0.4) is 0 Å². The Balaban J connectivity index is 1.96. The van der Waals surface area contributed by atoms with Crippen LogP contribution in [0.15, 0.2) is 90.2 Å². The van der Waals surface area contributed by atoms with Crippen molar-refractivity contribution < 1.29 is 26.3 Å². The molecule has 0 radical (unpaired) electrons. The number of methoxy groups -OCH3 is 1. The molecule has 6 nitrogen and oxygen atoms in total. The first-order valence-electron chi connectivity index (χ1n) is 11.1. The molecular weight excluding hydrogens is 503 g/mol. The van der Waals surface area contributed by atoms with Gasteiger partial charge in [-0.3, -0.25) is 9.97 Å². The monoisotopic (exact) mass is 523 g/mol. The van der Waals surface area contributed by atoms with Crippen LogP contribution in [-0.4, -0.2) is 29.5 Å². The van der Waals surface area contributed by atoms with E-state index in [9.17, 15) is 21.6 Å². The van der Waals surface area contributed by atoms with Crippen molar-refractivity contribution in [1.29, 1.82) is 0 Å². The fourth-order valence-corrected chi connectivity index (χ4v) is 5.79. The summed E-state index contributed by atoms with van der Waals surface area (Å²) in [6.07, 6.45) is -0.249. The molecule has 5 rings (SSSR count). The van der Waals surface area contributed by atoms with E-state index in [1.165, 1.54) is 50.0 Å². The molecule has 188 valence electrons. The first-order chi connectivity index (χ1) is 17.6. The molecule has 10 heteroatoms. The van der Waals surface area contributed by atoms with Crippen molar-refractivity contribution in [3.05, 3.63) is 96.4 Å². The summed E-state index contributed by atoms with van der Waals surface area (Å²) in [5.74, 6) is 0.249. The summed E-state index contributed by atoms with van der Waals surface area (Å²) in [6.45, 7) is 1.84. The largest absolute Gasteiger partial charge is 0.494 e. The quantitative estimate of drug-likeness (QED) is 0.269. The molecule has 0 fully saturated rings. The number of aryl methyl sites for hydroxylation is 1. The Bertz CT molecular complexity index is 1730. The Morgan fingerprint density at radius 2 is 1.70 bits per heavy atom. The lowest BCUT2D eigenvalue weighted by Crippen LogP contribution is -2.14. The summed E-state index contributed by atoms with van der Waals surface area (Å²) in [6, 6.07) is 15.8. The van der Waals surface area contributed by atoms with E-state index in [2.05, 4.69) is 9.97 Å². The van der Waals surface area contributed by atoms with Gasteiger partial charge in [0.25, 0.3) is 10.0 Å². The Morgan fingerprint density at radius 3 is 2.41 bits per heavy atom. The molecule has 0 aliphatic heterocycles. The third kappa shape index (κ3) is 4.23. The molecule has 0 atom stereocenters. The zero-order valence-corrected chi connectivity index (χ0v) is 20.5. The van der Waals surface area contributed by atoms with Crippen molar-refractivity contribution in [2.75, 3.05) is 7.11 Å². The molecule has 0 bridgehead atoms. The van der Waals surface area contributed by atoms with Crippen molar-refractivity contribution >= 4 is 21.1 Å². The van der Waals surface area contributed by atoms with E-state index in [4.69, 9.17) is 4.74 Å². The minimum absolute atomic E-state index is 0.0173. The number of ether oxygens (including phenoxy) is 1. The first kappa shape index (κ1) is 24.5. The van der Waals surface area contributed by atoms with Crippen LogP contribution >= 0.6 is 0 Å². The van der Waals surface area contributed by atoms with E-state index in [-0.39, 0.29) is 38.5 Å². The number of rotatable bonds is 5. The van der Waals surface area contributed by atoms with Gasteiger partial charge in [0.2, 0.25) is 0 Å². The lowest BCUT2D eigenvalue weighted by atomic mass is 9.98. The molecule has 0 spiro atoms. The molecular formula is C27H20F3N3O3S. The van der Waals surface area contributed by atoms with E-state index in [1.807, 2.05) is 6.92 Å². The van der Waals surface area contributed by atoms with Gasteiger partial charge in [-0.25, -0.2) is 12.4 Å². The smallest absolute Gasteiger partial charge is 0.416 e. The number of alkyl halides is 3. The van der Waals surface area contributed by atoms with Gasteiger partial charge in [0.1, 0.15) is 5.75 Å².